The topological polar surface area (TPSA) is 107 Å². The minimum absolute atomic E-state index is 0.119. The molecule has 2 rings (SSSR count). The Bertz CT molecular complexity index is 837. The molecule has 22 heavy (non-hydrogen) atoms. The summed E-state index contributed by atoms with van der Waals surface area (Å²) in [4.78, 5) is 12.9. The fraction of sp³-hybridized carbons (Fsp3) is 0.0909. The van der Waals surface area contributed by atoms with Crippen molar-refractivity contribution in [2.75, 3.05) is 0 Å². The van der Waals surface area contributed by atoms with Gasteiger partial charge in [0.2, 0.25) is 0 Å². The quantitative estimate of drug-likeness (QED) is 0.574. The highest BCUT2D eigenvalue weighted by Crippen LogP contribution is 2.28. The fourth-order valence-electron chi connectivity index (χ4n) is 1.53. The summed E-state index contributed by atoms with van der Waals surface area (Å²) in [6, 6.07) is 7.09. The molecule has 1 aromatic heterocycles. The fourth-order valence-corrected chi connectivity index (χ4v) is 2.34. The van der Waals surface area contributed by atoms with E-state index in [1.54, 1.807) is 21.1 Å². The number of sulfonamides is 1. The molecule has 0 saturated carbocycles. The first-order chi connectivity index (χ1) is 10.2. The largest absolute Gasteiger partial charge is 0.433 e. The van der Waals surface area contributed by atoms with Gasteiger partial charge >= 0.3 is 6.18 Å². The van der Waals surface area contributed by atoms with Gasteiger partial charge in [-0.15, -0.1) is 0 Å². The smallest absolute Gasteiger partial charge is 0.293 e. The predicted molar refractivity (Wildman–Crippen MR) is 70.8 cm³/mol. The molecule has 7 nitrogen and oxygen atoms in total. The lowest BCUT2D eigenvalue weighted by Crippen LogP contribution is -2.19. The van der Waals surface area contributed by atoms with Gasteiger partial charge in [0, 0.05) is 0 Å². The summed E-state index contributed by atoms with van der Waals surface area (Å²) in [6.45, 7) is 0. The van der Waals surface area contributed by atoms with E-state index in [0.717, 1.165) is 0 Å². The van der Waals surface area contributed by atoms with Crippen molar-refractivity contribution in [2.24, 2.45) is 5.10 Å². The second-order valence-corrected chi connectivity index (χ2v) is 5.69. The number of nitrogens with one attached hydrogen (secondary N) is 3. The Balaban J connectivity index is 2.25. The summed E-state index contributed by atoms with van der Waals surface area (Å²) < 4.78 is 61.4. The van der Waals surface area contributed by atoms with Crippen LogP contribution in [-0.4, -0.2) is 24.8 Å². The van der Waals surface area contributed by atoms with Crippen molar-refractivity contribution in [1.82, 2.24) is 15.0 Å². The Morgan fingerprint density at radius 2 is 1.77 bits per heavy atom. The van der Waals surface area contributed by atoms with Crippen molar-refractivity contribution in [3.8, 4) is 0 Å². The van der Waals surface area contributed by atoms with Gasteiger partial charge in [0.05, 0.1) is 16.7 Å². The zero-order valence-electron chi connectivity index (χ0n) is 10.7. The van der Waals surface area contributed by atoms with Gasteiger partial charge in [0.15, 0.2) is 5.69 Å². The number of nitrogens with zero attached hydrogens (tertiary/aromatic N) is 1. The third kappa shape index (κ3) is 3.36. The van der Waals surface area contributed by atoms with Gasteiger partial charge in [-0.3, -0.25) is 15.0 Å². The Labute approximate surface area is 121 Å². The molecule has 118 valence electrons. The summed E-state index contributed by atoms with van der Waals surface area (Å²) in [5, 5.41) is 6.61. The van der Waals surface area contributed by atoms with Crippen LogP contribution >= 0.6 is 0 Å². The van der Waals surface area contributed by atoms with Crippen molar-refractivity contribution in [3.05, 3.63) is 51.9 Å². The van der Waals surface area contributed by atoms with Gasteiger partial charge in [-0.1, -0.05) is 18.2 Å². The van der Waals surface area contributed by atoms with Crippen LogP contribution in [0.3, 0.4) is 0 Å². The Kier molecular flexibility index (Phi) is 4.08. The lowest BCUT2D eigenvalue weighted by Gasteiger charge is -2.04. The Morgan fingerprint density at radius 1 is 1.14 bits per heavy atom. The molecule has 1 heterocycles. The van der Waals surface area contributed by atoms with Crippen LogP contribution in [0, 0.1) is 0 Å². The van der Waals surface area contributed by atoms with Crippen molar-refractivity contribution < 1.29 is 21.6 Å². The monoisotopic (exact) mass is 334 g/mol. The van der Waals surface area contributed by atoms with E-state index in [2.05, 4.69) is 5.10 Å². The molecular weight excluding hydrogens is 325 g/mol. The summed E-state index contributed by atoms with van der Waals surface area (Å²) in [5.41, 5.74) is -3.25. The minimum atomic E-state index is -4.81. The molecule has 0 aliphatic rings. The number of aromatic nitrogens is 2. The number of H-pyrrole nitrogens is 2. The van der Waals surface area contributed by atoms with Crippen LogP contribution in [0.5, 0.6) is 0 Å². The average Bonchev–Trinajstić information content (AvgIpc) is 2.81. The summed E-state index contributed by atoms with van der Waals surface area (Å²) in [6.07, 6.45) is -4.32. The first-order valence-corrected chi connectivity index (χ1v) is 7.18. The van der Waals surface area contributed by atoms with Crippen molar-refractivity contribution in [3.63, 3.8) is 0 Å². The van der Waals surface area contributed by atoms with E-state index < -0.39 is 33.0 Å². The molecule has 0 aliphatic carbocycles. The number of hydrogen-bond donors (Lipinski definition) is 3. The Morgan fingerprint density at radius 3 is 2.36 bits per heavy atom. The lowest BCUT2D eigenvalue weighted by molar-refractivity contribution is -0.141. The van der Waals surface area contributed by atoms with Crippen LogP contribution in [0.25, 0.3) is 0 Å². The van der Waals surface area contributed by atoms with E-state index in [9.17, 15) is 26.4 Å². The van der Waals surface area contributed by atoms with Gasteiger partial charge in [0.1, 0.15) is 0 Å². The average molecular weight is 334 g/mol. The molecule has 11 heteroatoms. The molecule has 0 radical (unpaired) electrons. The maximum Gasteiger partial charge on any atom is 0.433 e. The second-order valence-electron chi connectivity index (χ2n) is 4.03. The lowest BCUT2D eigenvalue weighted by atomic mass is 10.2. The standard InChI is InChI=1S/C11H9F3N4O3S/c12-11(13,14)9-8(10(19)17-16-9)6-15-18-22(20,21)7-4-2-1-3-5-7/h1-6,18H,(H2,16,17,19). The second kappa shape index (κ2) is 5.67. The Hall–Kier alpha value is -2.56. The molecule has 0 atom stereocenters. The van der Waals surface area contributed by atoms with Crippen LogP contribution in [-0.2, 0) is 16.2 Å². The molecule has 3 N–H and O–H groups in total. The first-order valence-electron chi connectivity index (χ1n) is 5.69. The van der Waals surface area contributed by atoms with Crippen LogP contribution in [0.4, 0.5) is 13.2 Å². The highest BCUT2D eigenvalue weighted by Gasteiger charge is 2.36. The number of rotatable bonds is 4. The number of halogens is 3. The first kappa shape index (κ1) is 15.8. The van der Waals surface area contributed by atoms with Crippen LogP contribution in [0.1, 0.15) is 11.3 Å². The molecule has 1 aromatic carbocycles. The SMILES string of the molecule is O=c1[nH][nH]c(C(F)(F)F)c1C=NNS(=O)(=O)c1ccccc1. The molecule has 0 amide bonds. The number of benzene rings is 1. The van der Waals surface area contributed by atoms with E-state index in [0.29, 0.717) is 6.21 Å². The zero-order valence-corrected chi connectivity index (χ0v) is 11.5. The zero-order chi connectivity index (χ0) is 16.4. The van der Waals surface area contributed by atoms with Crippen LogP contribution in [0.2, 0.25) is 0 Å². The van der Waals surface area contributed by atoms with Crippen LogP contribution < -0.4 is 10.4 Å². The molecule has 0 aliphatic heterocycles. The summed E-state index contributed by atoms with van der Waals surface area (Å²) >= 11 is 0. The molecule has 0 saturated heterocycles. The predicted octanol–water partition coefficient (Wildman–Crippen LogP) is 1.03. The molecule has 2 aromatic rings. The van der Waals surface area contributed by atoms with E-state index >= 15 is 0 Å². The van der Waals surface area contributed by atoms with Crippen molar-refractivity contribution in [1.29, 1.82) is 0 Å². The number of hydrogen-bond acceptors (Lipinski definition) is 4. The van der Waals surface area contributed by atoms with Gasteiger partial charge < -0.3 is 0 Å². The highest BCUT2D eigenvalue weighted by atomic mass is 32.2. The molecule has 0 spiro atoms. The molecule has 0 unspecified atom stereocenters. The number of aromatic amines is 2. The van der Waals surface area contributed by atoms with Crippen molar-refractivity contribution in [2.45, 2.75) is 11.1 Å². The maximum atomic E-state index is 12.6. The van der Waals surface area contributed by atoms with E-state index in [1.807, 2.05) is 0 Å². The van der Waals surface area contributed by atoms with Crippen molar-refractivity contribution >= 4 is 16.2 Å². The third-order valence-corrected chi connectivity index (χ3v) is 3.76. The van der Waals surface area contributed by atoms with E-state index in [1.165, 1.54) is 24.3 Å². The number of hydrazone groups is 1. The molecule has 0 fully saturated rings. The highest BCUT2D eigenvalue weighted by molar-refractivity contribution is 7.89. The van der Waals surface area contributed by atoms with Gasteiger partial charge in [-0.25, -0.2) is 4.83 Å². The maximum absolute atomic E-state index is 12.6. The van der Waals surface area contributed by atoms with Gasteiger partial charge in [0.25, 0.3) is 15.6 Å². The minimum Gasteiger partial charge on any atom is -0.293 e. The van der Waals surface area contributed by atoms with Gasteiger partial charge in [-0.05, 0) is 12.1 Å². The van der Waals surface area contributed by atoms with Gasteiger partial charge in [-0.2, -0.15) is 26.7 Å². The summed E-state index contributed by atoms with van der Waals surface area (Å²) in [5.74, 6) is 0. The van der Waals surface area contributed by atoms with E-state index in [4.69, 9.17) is 0 Å². The normalized spacial score (nSPS) is 12.7. The van der Waals surface area contributed by atoms with E-state index in [-0.39, 0.29) is 4.90 Å². The third-order valence-electron chi connectivity index (χ3n) is 2.52. The molecular formula is C11H9F3N4O3S. The summed E-state index contributed by atoms with van der Waals surface area (Å²) in [7, 11) is -4.03. The number of alkyl halides is 3. The molecule has 0 bridgehead atoms. The van der Waals surface area contributed by atoms with Crippen LogP contribution in [0.15, 0.2) is 45.1 Å².